The number of amides is 2. The number of aryl methyl sites for hydroxylation is 2. The third-order valence-corrected chi connectivity index (χ3v) is 6.46. The maximum atomic E-state index is 13.0. The molecule has 0 N–H and O–H groups in total. The summed E-state index contributed by atoms with van der Waals surface area (Å²) in [6.07, 6.45) is 1.69. The molecule has 0 unspecified atom stereocenters. The van der Waals surface area contributed by atoms with Crippen molar-refractivity contribution in [1.29, 1.82) is 0 Å². The van der Waals surface area contributed by atoms with E-state index < -0.39 is 0 Å². The Bertz CT molecular complexity index is 1270. The fourth-order valence-electron chi connectivity index (χ4n) is 3.45. The molecule has 4 rings (SSSR count). The predicted octanol–water partition coefficient (Wildman–Crippen LogP) is 6.79. The third-order valence-electron chi connectivity index (χ3n) is 5.23. The molecule has 1 heterocycles. The summed E-state index contributed by atoms with van der Waals surface area (Å²) in [6, 6.07) is 18.5. The molecular weight excluding hydrogens is 458 g/mol. The number of nitrogens with zero attached hydrogens (tertiary/aromatic N) is 1. The van der Waals surface area contributed by atoms with Gasteiger partial charge in [0.25, 0.3) is 11.1 Å². The van der Waals surface area contributed by atoms with Gasteiger partial charge in [0.1, 0.15) is 6.61 Å². The van der Waals surface area contributed by atoms with E-state index in [2.05, 4.69) is 0 Å². The molecule has 0 atom stereocenters. The molecule has 0 radical (unpaired) electrons. The lowest BCUT2D eigenvalue weighted by atomic mass is 10.1. The highest BCUT2D eigenvalue weighted by Gasteiger charge is 2.37. The van der Waals surface area contributed by atoms with Gasteiger partial charge in [0.05, 0.1) is 17.7 Å². The monoisotopic (exact) mass is 479 g/mol. The van der Waals surface area contributed by atoms with Gasteiger partial charge in [0.15, 0.2) is 11.5 Å². The molecule has 0 spiro atoms. The molecule has 3 aromatic rings. The zero-order chi connectivity index (χ0) is 23.5. The van der Waals surface area contributed by atoms with Gasteiger partial charge in [-0.1, -0.05) is 48.0 Å². The highest BCUT2D eigenvalue weighted by molar-refractivity contribution is 8.19. The molecule has 1 saturated heterocycles. The molecular formula is C26H22ClNO4S. The van der Waals surface area contributed by atoms with Crippen LogP contribution in [-0.2, 0) is 11.4 Å². The summed E-state index contributed by atoms with van der Waals surface area (Å²) < 4.78 is 11.4. The van der Waals surface area contributed by atoms with Crippen molar-refractivity contribution in [3.8, 4) is 11.5 Å². The standard InChI is InChI=1S/C26H22ClNO4S/c1-16-8-9-17(2)21(12-16)28-25(29)24(33-26(28)30)14-18-10-11-22(23(13-18)31-3)32-15-19-6-4-5-7-20(19)27/h4-14H,15H2,1-3H3/b24-14-. The Kier molecular flexibility index (Phi) is 6.77. The fourth-order valence-corrected chi connectivity index (χ4v) is 4.48. The van der Waals surface area contributed by atoms with E-state index in [4.69, 9.17) is 21.1 Å². The molecule has 0 aromatic heterocycles. The smallest absolute Gasteiger partial charge is 0.298 e. The second kappa shape index (κ2) is 9.73. The number of thioether (sulfide) groups is 1. The SMILES string of the molecule is COc1cc(/C=C2\SC(=O)N(c3cc(C)ccc3C)C2=O)ccc1OCc1ccccc1Cl. The summed E-state index contributed by atoms with van der Waals surface area (Å²) >= 11 is 7.12. The molecule has 33 heavy (non-hydrogen) atoms. The third kappa shape index (κ3) is 4.92. The first kappa shape index (κ1) is 23.0. The number of carbonyl (C=O) groups is 2. The summed E-state index contributed by atoms with van der Waals surface area (Å²) in [7, 11) is 1.55. The van der Waals surface area contributed by atoms with Crippen LogP contribution in [0.25, 0.3) is 6.08 Å². The largest absolute Gasteiger partial charge is 0.493 e. The lowest BCUT2D eigenvalue weighted by Gasteiger charge is -2.16. The van der Waals surface area contributed by atoms with Gasteiger partial charge in [-0.2, -0.15) is 0 Å². The molecule has 168 valence electrons. The van der Waals surface area contributed by atoms with E-state index in [-0.39, 0.29) is 11.1 Å². The lowest BCUT2D eigenvalue weighted by molar-refractivity contribution is -0.113. The topological polar surface area (TPSA) is 55.8 Å². The quantitative estimate of drug-likeness (QED) is 0.364. The minimum absolute atomic E-state index is 0.296. The number of methoxy groups -OCH3 is 1. The molecule has 1 fully saturated rings. The predicted molar refractivity (Wildman–Crippen MR) is 133 cm³/mol. The van der Waals surface area contributed by atoms with Gasteiger partial charge in [-0.05, 0) is 72.6 Å². The Morgan fingerprint density at radius 2 is 1.79 bits per heavy atom. The van der Waals surface area contributed by atoms with E-state index >= 15 is 0 Å². The molecule has 0 saturated carbocycles. The van der Waals surface area contributed by atoms with E-state index in [0.29, 0.717) is 33.7 Å². The zero-order valence-electron chi connectivity index (χ0n) is 18.4. The van der Waals surface area contributed by atoms with E-state index in [1.807, 2.05) is 62.4 Å². The van der Waals surface area contributed by atoms with Gasteiger partial charge in [-0.25, -0.2) is 4.90 Å². The van der Waals surface area contributed by atoms with Gasteiger partial charge in [-0.15, -0.1) is 0 Å². The summed E-state index contributed by atoms with van der Waals surface area (Å²) in [5, 5.41) is 0.319. The number of carbonyl (C=O) groups excluding carboxylic acids is 2. The maximum absolute atomic E-state index is 13.0. The van der Waals surface area contributed by atoms with Crippen LogP contribution in [0, 0.1) is 13.8 Å². The second-order valence-corrected chi connectivity index (χ2v) is 9.00. The van der Waals surface area contributed by atoms with E-state index in [1.54, 1.807) is 25.3 Å². The summed E-state index contributed by atoms with van der Waals surface area (Å²) in [6.45, 7) is 4.11. The number of benzene rings is 3. The van der Waals surface area contributed by atoms with Crippen LogP contribution in [-0.4, -0.2) is 18.3 Å². The number of anilines is 1. The van der Waals surface area contributed by atoms with Crippen LogP contribution in [0.15, 0.2) is 65.6 Å². The Morgan fingerprint density at radius 1 is 1.00 bits per heavy atom. The number of hydrogen-bond acceptors (Lipinski definition) is 5. The van der Waals surface area contributed by atoms with Crippen LogP contribution in [0.5, 0.6) is 11.5 Å². The van der Waals surface area contributed by atoms with Gasteiger partial charge in [-0.3, -0.25) is 9.59 Å². The molecule has 7 heteroatoms. The average Bonchev–Trinajstić information content (AvgIpc) is 3.08. The highest BCUT2D eigenvalue weighted by atomic mass is 35.5. The Hall–Kier alpha value is -3.22. The van der Waals surface area contributed by atoms with Gasteiger partial charge < -0.3 is 9.47 Å². The summed E-state index contributed by atoms with van der Waals surface area (Å²) in [5.74, 6) is 0.735. The van der Waals surface area contributed by atoms with Crippen molar-refractivity contribution in [3.63, 3.8) is 0 Å². The fraction of sp³-hybridized carbons (Fsp3) is 0.154. The number of ether oxygens (including phenoxy) is 2. The van der Waals surface area contributed by atoms with Crippen molar-refractivity contribution in [3.05, 3.63) is 92.8 Å². The zero-order valence-corrected chi connectivity index (χ0v) is 20.0. The van der Waals surface area contributed by atoms with E-state index in [9.17, 15) is 9.59 Å². The van der Waals surface area contributed by atoms with Crippen LogP contribution in [0.1, 0.15) is 22.3 Å². The van der Waals surface area contributed by atoms with Gasteiger partial charge in [0.2, 0.25) is 0 Å². The number of imide groups is 1. The molecule has 0 aliphatic carbocycles. The Balaban J connectivity index is 1.56. The van der Waals surface area contributed by atoms with Crippen LogP contribution in [0.4, 0.5) is 10.5 Å². The lowest BCUT2D eigenvalue weighted by Crippen LogP contribution is -2.28. The first-order valence-corrected chi connectivity index (χ1v) is 11.5. The Morgan fingerprint density at radius 3 is 2.55 bits per heavy atom. The molecule has 1 aliphatic heterocycles. The Labute approximate surface area is 202 Å². The maximum Gasteiger partial charge on any atom is 0.298 e. The van der Waals surface area contributed by atoms with E-state index in [0.717, 1.165) is 34.0 Å². The molecule has 0 bridgehead atoms. The normalized spacial score (nSPS) is 14.8. The minimum atomic E-state index is -0.336. The van der Waals surface area contributed by atoms with Crippen molar-refractivity contribution >= 4 is 46.3 Å². The minimum Gasteiger partial charge on any atom is -0.493 e. The summed E-state index contributed by atoms with van der Waals surface area (Å²) in [4.78, 5) is 27.3. The number of halogens is 1. The van der Waals surface area contributed by atoms with Crippen molar-refractivity contribution in [2.75, 3.05) is 12.0 Å². The van der Waals surface area contributed by atoms with Crippen molar-refractivity contribution in [1.82, 2.24) is 0 Å². The van der Waals surface area contributed by atoms with Crippen LogP contribution < -0.4 is 14.4 Å². The molecule has 1 aliphatic rings. The summed E-state index contributed by atoms with van der Waals surface area (Å²) in [5.41, 5.74) is 4.05. The molecule has 5 nitrogen and oxygen atoms in total. The average molecular weight is 480 g/mol. The second-order valence-electron chi connectivity index (χ2n) is 7.60. The molecule has 3 aromatic carbocycles. The van der Waals surface area contributed by atoms with E-state index in [1.165, 1.54) is 4.90 Å². The van der Waals surface area contributed by atoms with Crippen molar-refractivity contribution in [2.45, 2.75) is 20.5 Å². The van der Waals surface area contributed by atoms with Crippen LogP contribution >= 0.6 is 23.4 Å². The molecule has 2 amide bonds. The number of hydrogen-bond donors (Lipinski definition) is 0. The van der Waals surface area contributed by atoms with Crippen molar-refractivity contribution < 1.29 is 19.1 Å². The first-order chi connectivity index (χ1) is 15.9. The van der Waals surface area contributed by atoms with Crippen molar-refractivity contribution in [2.24, 2.45) is 0 Å². The van der Waals surface area contributed by atoms with Gasteiger partial charge in [0, 0.05) is 10.6 Å². The van der Waals surface area contributed by atoms with Gasteiger partial charge >= 0.3 is 0 Å². The van der Waals surface area contributed by atoms with Crippen LogP contribution in [0.3, 0.4) is 0 Å². The highest BCUT2D eigenvalue weighted by Crippen LogP contribution is 2.38. The first-order valence-electron chi connectivity index (χ1n) is 10.3. The van der Waals surface area contributed by atoms with Crippen LogP contribution in [0.2, 0.25) is 5.02 Å². The number of rotatable bonds is 6.